The quantitative estimate of drug-likeness (QED) is 0.278. The first-order chi connectivity index (χ1) is 13.4. The normalized spacial score (nSPS) is 12.4. The van der Waals surface area contributed by atoms with Gasteiger partial charge in [0.2, 0.25) is 0 Å². The van der Waals surface area contributed by atoms with Crippen LogP contribution in [0.4, 0.5) is 0 Å². The maximum absolute atomic E-state index is 2.46. The lowest BCUT2D eigenvalue weighted by molar-refractivity contribution is 1.34. The average Bonchev–Trinajstić information content (AvgIpc) is 3.17. The van der Waals surface area contributed by atoms with Crippen LogP contribution in [0.2, 0.25) is 0 Å². The molecule has 0 spiro atoms. The fourth-order valence-electron chi connectivity index (χ4n) is 4.65. The molecule has 0 atom stereocenters. The highest BCUT2D eigenvalue weighted by atomic mass is 32.1. The Bertz CT molecular complexity index is 1680. The molecule has 0 aliphatic heterocycles. The molecule has 0 fully saturated rings. The highest BCUT2D eigenvalue weighted by molar-refractivity contribution is 7.14. The number of nitrogens with zero attached hydrogens (tertiary/aromatic N) is 2. The molecule has 3 heteroatoms. The van der Waals surface area contributed by atoms with Crippen LogP contribution >= 0.6 is 11.5 Å². The molecule has 2 nitrogen and oxygen atoms in total. The summed E-state index contributed by atoms with van der Waals surface area (Å²) in [6, 6.07) is 30.8. The number of hydrogen-bond donors (Lipinski definition) is 0. The number of hydrogen-bond acceptors (Lipinski definition) is 1. The van der Waals surface area contributed by atoms with Crippen LogP contribution in [0.5, 0.6) is 0 Å². The molecule has 126 valence electrons. The van der Waals surface area contributed by atoms with Crippen LogP contribution in [0.3, 0.4) is 0 Å². The molecule has 0 amide bonds. The summed E-state index contributed by atoms with van der Waals surface area (Å²) in [5.74, 6) is 0. The lowest BCUT2D eigenvalue weighted by Crippen LogP contribution is -1.85. The second-order valence-electron chi connectivity index (χ2n) is 7.08. The molecule has 0 saturated carbocycles. The van der Waals surface area contributed by atoms with Crippen molar-refractivity contribution < 1.29 is 0 Å². The first kappa shape index (κ1) is 13.8. The minimum absolute atomic E-state index is 1.26. The van der Waals surface area contributed by atoms with Crippen LogP contribution in [0.25, 0.3) is 53.8 Å². The second-order valence-corrected chi connectivity index (χ2v) is 8.07. The van der Waals surface area contributed by atoms with Gasteiger partial charge < -0.3 is 4.40 Å². The van der Waals surface area contributed by atoms with Crippen LogP contribution in [0, 0.1) is 0 Å². The van der Waals surface area contributed by atoms with E-state index in [1.807, 2.05) is 11.5 Å². The van der Waals surface area contributed by atoms with Gasteiger partial charge in [0, 0.05) is 21.5 Å². The molecule has 0 saturated heterocycles. The van der Waals surface area contributed by atoms with Crippen molar-refractivity contribution in [2.45, 2.75) is 0 Å². The lowest BCUT2D eigenvalue weighted by Gasteiger charge is -2.00. The van der Waals surface area contributed by atoms with Gasteiger partial charge in [-0.15, -0.1) is 0 Å². The summed E-state index contributed by atoms with van der Waals surface area (Å²) >= 11 is 1.84. The van der Waals surface area contributed by atoms with Crippen molar-refractivity contribution in [3.05, 3.63) is 84.9 Å². The summed E-state index contributed by atoms with van der Waals surface area (Å²) in [6.07, 6.45) is 0. The third-order valence-electron chi connectivity index (χ3n) is 5.72. The van der Waals surface area contributed by atoms with Crippen molar-refractivity contribution in [2.24, 2.45) is 0 Å². The Morgan fingerprint density at radius 3 is 1.93 bits per heavy atom. The van der Waals surface area contributed by atoms with E-state index in [4.69, 9.17) is 0 Å². The van der Waals surface area contributed by atoms with Gasteiger partial charge in [-0.3, -0.25) is 3.79 Å². The summed E-state index contributed by atoms with van der Waals surface area (Å²) in [4.78, 5) is 0. The maximum Gasteiger partial charge on any atom is 0.0886 e. The maximum atomic E-state index is 2.46. The minimum atomic E-state index is 1.26. The standard InChI is InChI=1S/C24H14N2S/c1-3-11-19-15(7-1)18-10-6-14-22-24(18)25(19)21-13-5-9-17-16-8-2-4-12-20(16)26(27-22)23(17)21/h1-14H. The topological polar surface area (TPSA) is 8.82 Å². The number of benzene rings is 4. The molecule has 27 heavy (non-hydrogen) atoms. The number of rotatable bonds is 0. The van der Waals surface area contributed by atoms with Gasteiger partial charge in [-0.2, -0.15) is 0 Å². The van der Waals surface area contributed by atoms with E-state index in [2.05, 4.69) is 93.1 Å². The van der Waals surface area contributed by atoms with Crippen molar-refractivity contribution in [1.82, 2.24) is 8.19 Å². The SMILES string of the molecule is c1ccc2c(c1)c1cccc3c1n2sc1cccc2c4ccccc4n3c12. The van der Waals surface area contributed by atoms with Gasteiger partial charge in [-0.25, -0.2) is 0 Å². The largest absolute Gasteiger partial charge is 0.306 e. The number of aromatic nitrogens is 2. The molecule has 0 radical (unpaired) electrons. The molecular weight excluding hydrogens is 348 g/mol. The molecule has 0 unspecified atom stereocenters. The zero-order valence-corrected chi connectivity index (χ0v) is 15.2. The van der Waals surface area contributed by atoms with Crippen LogP contribution in [-0.2, 0) is 0 Å². The Kier molecular flexibility index (Phi) is 2.41. The van der Waals surface area contributed by atoms with Crippen LogP contribution < -0.4 is 0 Å². The zero-order valence-electron chi connectivity index (χ0n) is 14.4. The Balaban J connectivity index is 1.99. The van der Waals surface area contributed by atoms with Gasteiger partial charge in [-0.05, 0) is 24.3 Å². The van der Waals surface area contributed by atoms with E-state index < -0.39 is 0 Å². The predicted molar refractivity (Wildman–Crippen MR) is 116 cm³/mol. The molecule has 0 aliphatic carbocycles. The van der Waals surface area contributed by atoms with Gasteiger partial charge in [0.1, 0.15) is 0 Å². The van der Waals surface area contributed by atoms with E-state index in [9.17, 15) is 0 Å². The van der Waals surface area contributed by atoms with E-state index >= 15 is 0 Å². The van der Waals surface area contributed by atoms with E-state index in [-0.39, 0.29) is 0 Å². The Hall–Kier alpha value is -3.30. The van der Waals surface area contributed by atoms with E-state index in [1.165, 1.54) is 53.8 Å². The number of fused-ring (bicyclic) bond motifs is 7. The Morgan fingerprint density at radius 1 is 0.481 bits per heavy atom. The predicted octanol–water partition coefficient (Wildman–Crippen LogP) is 6.87. The van der Waals surface area contributed by atoms with Crippen LogP contribution in [-0.4, -0.2) is 8.19 Å². The van der Waals surface area contributed by atoms with Crippen LogP contribution in [0.1, 0.15) is 0 Å². The lowest BCUT2D eigenvalue weighted by atomic mass is 10.1. The third-order valence-corrected chi connectivity index (χ3v) is 6.81. The first-order valence-corrected chi connectivity index (χ1v) is 9.92. The average molecular weight is 362 g/mol. The summed E-state index contributed by atoms with van der Waals surface area (Å²) in [6.45, 7) is 0. The first-order valence-electron chi connectivity index (χ1n) is 9.15. The van der Waals surface area contributed by atoms with Crippen LogP contribution in [0.15, 0.2) is 84.9 Å². The molecule has 7 rings (SSSR count). The zero-order chi connectivity index (χ0) is 17.5. The molecule has 7 aromatic rings. The molecule has 0 N–H and O–H groups in total. The van der Waals surface area contributed by atoms with Crippen molar-refractivity contribution in [3.8, 4) is 0 Å². The van der Waals surface area contributed by atoms with Crippen molar-refractivity contribution in [1.29, 1.82) is 0 Å². The summed E-state index contributed by atoms with van der Waals surface area (Å²) in [5, 5.41) is 5.27. The summed E-state index contributed by atoms with van der Waals surface area (Å²) in [7, 11) is 0. The molecule has 3 heterocycles. The smallest absolute Gasteiger partial charge is 0.0886 e. The van der Waals surface area contributed by atoms with E-state index in [1.54, 1.807) is 0 Å². The number of para-hydroxylation sites is 4. The minimum Gasteiger partial charge on any atom is -0.306 e. The van der Waals surface area contributed by atoms with Gasteiger partial charge in [-0.1, -0.05) is 72.2 Å². The Labute approximate surface area is 158 Å². The molecule has 0 bridgehead atoms. The highest BCUT2D eigenvalue weighted by Gasteiger charge is 2.17. The fraction of sp³-hybridized carbons (Fsp3) is 0. The van der Waals surface area contributed by atoms with Gasteiger partial charge in [0.25, 0.3) is 0 Å². The second kappa shape index (κ2) is 4.70. The fourth-order valence-corrected chi connectivity index (χ4v) is 5.81. The molecule has 3 aromatic heterocycles. The monoisotopic (exact) mass is 362 g/mol. The van der Waals surface area contributed by atoms with E-state index in [0.717, 1.165) is 0 Å². The van der Waals surface area contributed by atoms with Crippen molar-refractivity contribution >= 4 is 65.4 Å². The molecular formula is C24H14N2S. The van der Waals surface area contributed by atoms with Crippen molar-refractivity contribution in [2.75, 3.05) is 0 Å². The van der Waals surface area contributed by atoms with Gasteiger partial charge in [0.05, 0.1) is 32.3 Å². The third kappa shape index (κ3) is 1.57. The summed E-state index contributed by atoms with van der Waals surface area (Å²) in [5.41, 5.74) is 6.41. The Morgan fingerprint density at radius 2 is 1.07 bits per heavy atom. The van der Waals surface area contributed by atoms with Gasteiger partial charge >= 0.3 is 0 Å². The molecule has 4 aromatic carbocycles. The van der Waals surface area contributed by atoms with E-state index in [0.29, 0.717) is 0 Å². The van der Waals surface area contributed by atoms with Gasteiger partial charge in [0.15, 0.2) is 0 Å². The highest BCUT2D eigenvalue weighted by Crippen LogP contribution is 2.39. The summed E-state index contributed by atoms with van der Waals surface area (Å²) < 4.78 is 6.16. The molecule has 0 aliphatic rings. The van der Waals surface area contributed by atoms with Crippen molar-refractivity contribution in [3.63, 3.8) is 0 Å².